The molecule has 3 fully saturated rings. The van der Waals surface area contributed by atoms with Gasteiger partial charge in [-0.05, 0) is 30.2 Å². The van der Waals surface area contributed by atoms with E-state index in [1.54, 1.807) is 23.1 Å². The van der Waals surface area contributed by atoms with Crippen LogP contribution in [0.5, 0.6) is 0 Å². The van der Waals surface area contributed by atoms with E-state index in [9.17, 15) is 18.8 Å². The molecule has 1 aromatic heterocycles. The maximum atomic E-state index is 13.6. The van der Waals surface area contributed by atoms with Crippen LogP contribution < -0.4 is 5.32 Å². The molecular formula is C25H23FN6O3. The number of amides is 5. The van der Waals surface area contributed by atoms with E-state index in [1.165, 1.54) is 32.8 Å². The van der Waals surface area contributed by atoms with Crippen molar-refractivity contribution in [2.24, 2.45) is 0 Å². The highest BCUT2D eigenvalue weighted by Crippen LogP contribution is 2.46. The van der Waals surface area contributed by atoms with Crippen LogP contribution in [0.1, 0.15) is 17.9 Å². The van der Waals surface area contributed by atoms with Crippen molar-refractivity contribution in [3.05, 3.63) is 78.2 Å². The van der Waals surface area contributed by atoms with E-state index in [4.69, 9.17) is 0 Å². The Labute approximate surface area is 200 Å². The number of imide groups is 1. The summed E-state index contributed by atoms with van der Waals surface area (Å²) in [6.45, 7) is 0.699. The molecule has 3 aliphatic rings. The fraction of sp³-hybridized carbons (Fsp3) is 0.280. The summed E-state index contributed by atoms with van der Waals surface area (Å²) in [7, 11) is 0. The molecule has 0 radical (unpaired) electrons. The van der Waals surface area contributed by atoms with Crippen LogP contribution in [0.3, 0.4) is 0 Å². The van der Waals surface area contributed by atoms with E-state index in [0.29, 0.717) is 18.1 Å². The van der Waals surface area contributed by atoms with Crippen molar-refractivity contribution < 1.29 is 18.8 Å². The number of carbonyl (C=O) groups is 3. The molecular weight excluding hydrogens is 451 g/mol. The molecule has 0 bridgehead atoms. The van der Waals surface area contributed by atoms with Gasteiger partial charge in [0.2, 0.25) is 0 Å². The second-order valence-electron chi connectivity index (χ2n) is 9.00. The molecule has 1 N–H and O–H groups in total. The molecule has 6 rings (SSSR count). The third kappa shape index (κ3) is 3.71. The van der Waals surface area contributed by atoms with Gasteiger partial charge in [0.25, 0.3) is 5.91 Å². The zero-order valence-electron chi connectivity index (χ0n) is 18.8. The Kier molecular flexibility index (Phi) is 5.01. The molecule has 2 saturated heterocycles. The van der Waals surface area contributed by atoms with Gasteiger partial charge in [0.15, 0.2) is 0 Å². The summed E-state index contributed by atoms with van der Waals surface area (Å²) in [5.41, 5.74) is 1.60. The number of benzene rings is 2. The average molecular weight is 474 g/mol. The summed E-state index contributed by atoms with van der Waals surface area (Å²) < 4.78 is 15.1. The first-order chi connectivity index (χ1) is 17.0. The van der Waals surface area contributed by atoms with E-state index in [2.05, 4.69) is 10.4 Å². The topological polar surface area (TPSA) is 90.8 Å². The smallest absolute Gasteiger partial charge is 0.320 e. The van der Waals surface area contributed by atoms with E-state index in [-0.39, 0.29) is 37.0 Å². The van der Waals surface area contributed by atoms with Gasteiger partial charge in [-0.25, -0.2) is 18.7 Å². The number of halogens is 1. The summed E-state index contributed by atoms with van der Waals surface area (Å²) in [6, 6.07) is 15.9. The molecule has 0 unspecified atom stereocenters. The normalized spacial score (nSPS) is 23.5. The van der Waals surface area contributed by atoms with Crippen molar-refractivity contribution >= 4 is 23.8 Å². The van der Waals surface area contributed by atoms with Gasteiger partial charge in [0, 0.05) is 31.1 Å². The van der Waals surface area contributed by atoms with E-state index < -0.39 is 17.9 Å². The molecule has 1 aliphatic carbocycles. The van der Waals surface area contributed by atoms with Crippen LogP contribution in [0.2, 0.25) is 0 Å². The van der Waals surface area contributed by atoms with Crippen molar-refractivity contribution in [2.45, 2.75) is 24.4 Å². The number of hydrogen-bond acceptors (Lipinski definition) is 4. The van der Waals surface area contributed by atoms with Crippen LogP contribution in [0.25, 0.3) is 5.69 Å². The minimum absolute atomic E-state index is 0.115. The van der Waals surface area contributed by atoms with Crippen LogP contribution in [0, 0.1) is 5.82 Å². The highest BCUT2D eigenvalue weighted by molar-refractivity contribution is 6.05. The zero-order chi connectivity index (χ0) is 24.1. The molecule has 0 spiro atoms. The van der Waals surface area contributed by atoms with Gasteiger partial charge < -0.3 is 9.80 Å². The number of hydrogen-bond donors (Lipinski definition) is 1. The molecule has 1 saturated carbocycles. The van der Waals surface area contributed by atoms with E-state index in [1.807, 2.05) is 30.3 Å². The first-order valence-electron chi connectivity index (χ1n) is 11.6. The number of rotatable bonds is 4. The van der Waals surface area contributed by atoms with Crippen molar-refractivity contribution in [1.82, 2.24) is 24.5 Å². The number of nitrogens with one attached hydrogen (secondary N) is 1. The molecule has 10 heteroatoms. The monoisotopic (exact) mass is 474 g/mol. The third-order valence-corrected chi connectivity index (χ3v) is 6.89. The van der Waals surface area contributed by atoms with Gasteiger partial charge in [0.05, 0.1) is 18.4 Å². The standard InChI is InChI=1S/C25H23FN6O3/c26-17-7-4-8-18(13-17)32-22(9-10-27-32)28-24(34)29-11-12-30-21(15-29)23(33)31(25(30)35)20-14-19(20)16-5-2-1-3-6-16/h1-10,13,19-21H,11-12,14-15H2,(H,28,34)/t19-,20+,21+/m1/s1. The number of fused-ring (bicyclic) bond motifs is 1. The number of urea groups is 2. The molecule has 3 atom stereocenters. The highest BCUT2D eigenvalue weighted by atomic mass is 19.1. The Hall–Kier alpha value is -4.21. The summed E-state index contributed by atoms with van der Waals surface area (Å²) in [4.78, 5) is 43.8. The number of piperazine rings is 1. The second kappa shape index (κ2) is 8.23. The van der Waals surface area contributed by atoms with Crippen molar-refractivity contribution in [3.8, 4) is 5.69 Å². The van der Waals surface area contributed by atoms with Crippen LogP contribution >= 0.6 is 0 Å². The molecule has 5 amide bonds. The van der Waals surface area contributed by atoms with Crippen molar-refractivity contribution in [3.63, 3.8) is 0 Å². The van der Waals surface area contributed by atoms with Gasteiger partial charge in [-0.3, -0.25) is 15.0 Å². The average Bonchev–Trinajstić information content (AvgIpc) is 3.44. The summed E-state index contributed by atoms with van der Waals surface area (Å²) >= 11 is 0. The number of nitrogens with zero attached hydrogens (tertiary/aromatic N) is 5. The predicted molar refractivity (Wildman–Crippen MR) is 124 cm³/mol. The Morgan fingerprint density at radius 2 is 1.86 bits per heavy atom. The zero-order valence-corrected chi connectivity index (χ0v) is 18.8. The van der Waals surface area contributed by atoms with Crippen LogP contribution in [0.4, 0.5) is 19.8 Å². The Bertz CT molecular complexity index is 1310. The molecule has 3 heterocycles. The lowest BCUT2D eigenvalue weighted by atomic mass is 10.1. The number of anilines is 1. The predicted octanol–water partition coefficient (Wildman–Crippen LogP) is 3.05. The maximum absolute atomic E-state index is 13.6. The largest absolute Gasteiger partial charge is 0.327 e. The van der Waals surface area contributed by atoms with Crippen LogP contribution in [-0.2, 0) is 4.79 Å². The molecule has 35 heavy (non-hydrogen) atoms. The summed E-state index contributed by atoms with van der Waals surface area (Å²) in [5.74, 6) is -0.124. The quantitative estimate of drug-likeness (QED) is 0.589. The van der Waals surface area contributed by atoms with Gasteiger partial charge >= 0.3 is 12.1 Å². The van der Waals surface area contributed by atoms with Crippen LogP contribution in [-0.4, -0.2) is 74.2 Å². The Morgan fingerprint density at radius 3 is 2.66 bits per heavy atom. The highest BCUT2D eigenvalue weighted by Gasteiger charge is 2.56. The molecule has 2 aliphatic heterocycles. The lowest BCUT2D eigenvalue weighted by Gasteiger charge is -2.35. The molecule has 3 aromatic rings. The minimum Gasteiger partial charge on any atom is -0.320 e. The maximum Gasteiger partial charge on any atom is 0.327 e. The first-order valence-corrected chi connectivity index (χ1v) is 11.6. The minimum atomic E-state index is -0.688. The third-order valence-electron chi connectivity index (χ3n) is 6.89. The Morgan fingerprint density at radius 1 is 1.03 bits per heavy atom. The lowest BCUT2D eigenvalue weighted by Crippen LogP contribution is -2.55. The summed E-state index contributed by atoms with van der Waals surface area (Å²) in [6.07, 6.45) is 2.27. The number of carbonyl (C=O) groups excluding carboxylic acids is 3. The first kappa shape index (κ1) is 21.3. The Balaban J connectivity index is 1.14. The van der Waals surface area contributed by atoms with Gasteiger partial charge in [-0.1, -0.05) is 36.4 Å². The molecule has 178 valence electrons. The van der Waals surface area contributed by atoms with Crippen molar-refractivity contribution in [2.75, 3.05) is 25.0 Å². The van der Waals surface area contributed by atoms with Gasteiger partial charge in [-0.15, -0.1) is 0 Å². The van der Waals surface area contributed by atoms with Crippen molar-refractivity contribution in [1.29, 1.82) is 0 Å². The SMILES string of the molecule is O=C(Nc1ccnn1-c1cccc(F)c1)N1CCN2C(=O)N([C@H]3C[C@@H]3c3ccccc3)C(=O)[C@@H]2C1. The van der Waals surface area contributed by atoms with E-state index >= 15 is 0 Å². The van der Waals surface area contributed by atoms with Gasteiger partial charge in [0.1, 0.15) is 17.7 Å². The fourth-order valence-corrected chi connectivity index (χ4v) is 5.03. The second-order valence-corrected chi connectivity index (χ2v) is 9.00. The summed E-state index contributed by atoms with van der Waals surface area (Å²) in [5, 5.41) is 6.97. The van der Waals surface area contributed by atoms with Crippen LogP contribution in [0.15, 0.2) is 66.9 Å². The van der Waals surface area contributed by atoms with Gasteiger partial charge in [-0.2, -0.15) is 5.10 Å². The molecule has 2 aromatic carbocycles. The van der Waals surface area contributed by atoms with E-state index in [0.717, 1.165) is 12.0 Å². The lowest BCUT2D eigenvalue weighted by molar-refractivity contribution is -0.129. The molecule has 9 nitrogen and oxygen atoms in total. The fourth-order valence-electron chi connectivity index (χ4n) is 5.03. The number of aromatic nitrogens is 2.